The maximum Gasteiger partial charge on any atom is 0.263 e. The van der Waals surface area contributed by atoms with Crippen LogP contribution < -0.4 is 5.56 Å². The molecule has 0 amide bonds. The molecule has 4 rings (SSSR count). The van der Waals surface area contributed by atoms with Gasteiger partial charge in [0.15, 0.2) is 0 Å². The van der Waals surface area contributed by atoms with Crippen molar-refractivity contribution in [3.63, 3.8) is 0 Å². The van der Waals surface area contributed by atoms with Crippen molar-refractivity contribution in [3.05, 3.63) is 40.7 Å². The van der Waals surface area contributed by atoms with E-state index in [1.165, 1.54) is 12.1 Å². The molecule has 0 aliphatic heterocycles. The molecule has 19 heavy (non-hydrogen) atoms. The largest absolute Gasteiger partial charge is 0.339 e. The van der Waals surface area contributed by atoms with Gasteiger partial charge in [0.05, 0.1) is 10.9 Å². The SMILES string of the molecule is O=c1c2c(ncn1C1CCC1)[nH]c1cc(F)ccc12. The molecule has 1 aliphatic carbocycles. The quantitative estimate of drug-likeness (QED) is 0.728. The van der Waals surface area contributed by atoms with Gasteiger partial charge in [0.25, 0.3) is 5.56 Å². The molecule has 1 fully saturated rings. The Morgan fingerprint density at radius 1 is 1.37 bits per heavy atom. The van der Waals surface area contributed by atoms with Crippen LogP contribution in [-0.4, -0.2) is 14.5 Å². The van der Waals surface area contributed by atoms with Crippen LogP contribution in [0, 0.1) is 5.82 Å². The van der Waals surface area contributed by atoms with Crippen molar-refractivity contribution in [1.82, 2.24) is 14.5 Å². The lowest BCUT2D eigenvalue weighted by Crippen LogP contribution is -2.28. The monoisotopic (exact) mass is 257 g/mol. The summed E-state index contributed by atoms with van der Waals surface area (Å²) in [5, 5.41) is 1.30. The molecule has 3 aromatic rings. The molecule has 1 N–H and O–H groups in total. The Hall–Kier alpha value is -2.17. The van der Waals surface area contributed by atoms with Gasteiger partial charge in [0, 0.05) is 11.4 Å². The van der Waals surface area contributed by atoms with Gasteiger partial charge in [0.2, 0.25) is 0 Å². The number of fused-ring (bicyclic) bond motifs is 3. The molecule has 5 heteroatoms. The van der Waals surface area contributed by atoms with Crippen LogP contribution in [0.2, 0.25) is 0 Å². The summed E-state index contributed by atoms with van der Waals surface area (Å²) in [7, 11) is 0. The van der Waals surface area contributed by atoms with E-state index in [0.29, 0.717) is 16.6 Å². The predicted molar refractivity (Wildman–Crippen MR) is 70.7 cm³/mol. The van der Waals surface area contributed by atoms with Crippen molar-refractivity contribution in [2.24, 2.45) is 0 Å². The van der Waals surface area contributed by atoms with Gasteiger partial charge in [-0.05, 0) is 37.5 Å². The molecule has 0 atom stereocenters. The lowest BCUT2D eigenvalue weighted by atomic mass is 9.93. The third-order valence-electron chi connectivity index (χ3n) is 3.97. The molecule has 0 bridgehead atoms. The van der Waals surface area contributed by atoms with E-state index in [-0.39, 0.29) is 17.4 Å². The smallest absolute Gasteiger partial charge is 0.263 e. The summed E-state index contributed by atoms with van der Waals surface area (Å²) in [5.41, 5.74) is 1.11. The van der Waals surface area contributed by atoms with Gasteiger partial charge in [-0.1, -0.05) is 0 Å². The van der Waals surface area contributed by atoms with Crippen LogP contribution in [0.4, 0.5) is 4.39 Å². The standard InChI is InChI=1S/C14H12FN3O/c15-8-4-5-10-11(6-8)17-13-12(10)14(19)18(7-16-13)9-2-1-3-9/h4-7,9,17H,1-3H2. The van der Waals surface area contributed by atoms with Crippen molar-refractivity contribution in [3.8, 4) is 0 Å². The van der Waals surface area contributed by atoms with E-state index >= 15 is 0 Å². The second-order valence-electron chi connectivity index (χ2n) is 5.08. The van der Waals surface area contributed by atoms with Gasteiger partial charge < -0.3 is 4.98 Å². The highest BCUT2D eigenvalue weighted by Crippen LogP contribution is 2.31. The molecule has 2 heterocycles. The Labute approximate surface area is 107 Å². The molecular weight excluding hydrogens is 245 g/mol. The molecule has 1 aliphatic rings. The minimum Gasteiger partial charge on any atom is -0.339 e. The van der Waals surface area contributed by atoms with Gasteiger partial charge in [-0.2, -0.15) is 0 Å². The Morgan fingerprint density at radius 2 is 2.21 bits per heavy atom. The van der Waals surface area contributed by atoms with Gasteiger partial charge >= 0.3 is 0 Å². The highest BCUT2D eigenvalue weighted by Gasteiger charge is 2.22. The van der Waals surface area contributed by atoms with Crippen LogP contribution in [0.5, 0.6) is 0 Å². The summed E-state index contributed by atoms with van der Waals surface area (Å²) in [6.45, 7) is 0. The van der Waals surface area contributed by atoms with E-state index in [0.717, 1.165) is 24.6 Å². The fraction of sp³-hybridized carbons (Fsp3) is 0.286. The van der Waals surface area contributed by atoms with Crippen LogP contribution in [0.15, 0.2) is 29.3 Å². The molecule has 0 unspecified atom stereocenters. The first kappa shape index (κ1) is 10.7. The summed E-state index contributed by atoms with van der Waals surface area (Å²) in [6, 6.07) is 4.67. The maximum atomic E-state index is 13.2. The van der Waals surface area contributed by atoms with E-state index in [1.807, 2.05) is 0 Å². The molecule has 0 spiro atoms. The number of nitrogens with zero attached hydrogens (tertiary/aromatic N) is 2. The van der Waals surface area contributed by atoms with E-state index in [1.54, 1.807) is 17.0 Å². The van der Waals surface area contributed by atoms with Crippen LogP contribution in [0.25, 0.3) is 21.9 Å². The maximum absolute atomic E-state index is 13.2. The molecular formula is C14H12FN3O. The number of halogens is 1. The Bertz CT molecular complexity index is 845. The number of nitrogens with one attached hydrogen (secondary N) is 1. The number of aromatic nitrogens is 3. The highest BCUT2D eigenvalue weighted by molar-refractivity contribution is 6.05. The minimum atomic E-state index is -0.321. The summed E-state index contributed by atoms with van der Waals surface area (Å²) in [6.07, 6.45) is 4.82. The lowest BCUT2D eigenvalue weighted by Gasteiger charge is -2.26. The van der Waals surface area contributed by atoms with E-state index in [4.69, 9.17) is 0 Å². The topological polar surface area (TPSA) is 50.7 Å². The molecule has 0 radical (unpaired) electrons. The van der Waals surface area contributed by atoms with Crippen molar-refractivity contribution >= 4 is 21.9 Å². The van der Waals surface area contributed by atoms with Crippen molar-refractivity contribution < 1.29 is 4.39 Å². The highest BCUT2D eigenvalue weighted by atomic mass is 19.1. The second kappa shape index (κ2) is 3.66. The average Bonchev–Trinajstić information content (AvgIpc) is 2.68. The van der Waals surface area contributed by atoms with Crippen molar-refractivity contribution in [1.29, 1.82) is 0 Å². The lowest BCUT2D eigenvalue weighted by molar-refractivity contribution is 0.305. The van der Waals surface area contributed by atoms with E-state index in [9.17, 15) is 9.18 Å². The zero-order valence-electron chi connectivity index (χ0n) is 10.2. The summed E-state index contributed by atoms with van der Waals surface area (Å²) >= 11 is 0. The number of hydrogen-bond donors (Lipinski definition) is 1. The fourth-order valence-electron chi connectivity index (χ4n) is 2.70. The number of aromatic amines is 1. The first-order valence-corrected chi connectivity index (χ1v) is 6.42. The minimum absolute atomic E-state index is 0.0347. The van der Waals surface area contributed by atoms with Crippen molar-refractivity contribution in [2.45, 2.75) is 25.3 Å². The summed E-state index contributed by atoms with van der Waals surface area (Å²) < 4.78 is 14.9. The Morgan fingerprint density at radius 3 is 2.95 bits per heavy atom. The van der Waals surface area contributed by atoms with Crippen LogP contribution in [-0.2, 0) is 0 Å². The van der Waals surface area contributed by atoms with Crippen LogP contribution in [0.3, 0.4) is 0 Å². The normalized spacial score (nSPS) is 16.1. The van der Waals surface area contributed by atoms with Gasteiger partial charge in [-0.3, -0.25) is 9.36 Å². The number of hydrogen-bond acceptors (Lipinski definition) is 2. The predicted octanol–water partition coefficient (Wildman–Crippen LogP) is 2.74. The van der Waals surface area contributed by atoms with Gasteiger partial charge in [-0.25, -0.2) is 9.37 Å². The van der Waals surface area contributed by atoms with Gasteiger partial charge in [-0.15, -0.1) is 0 Å². The zero-order valence-corrected chi connectivity index (χ0v) is 10.2. The van der Waals surface area contributed by atoms with Gasteiger partial charge in [0.1, 0.15) is 17.8 Å². The average molecular weight is 257 g/mol. The third kappa shape index (κ3) is 1.44. The number of benzene rings is 1. The summed E-state index contributed by atoms with van der Waals surface area (Å²) in [4.78, 5) is 19.8. The second-order valence-corrected chi connectivity index (χ2v) is 5.08. The molecule has 4 nitrogen and oxygen atoms in total. The van der Waals surface area contributed by atoms with E-state index < -0.39 is 0 Å². The number of H-pyrrole nitrogens is 1. The molecule has 1 aromatic carbocycles. The third-order valence-corrected chi connectivity index (χ3v) is 3.97. The first-order valence-electron chi connectivity index (χ1n) is 6.42. The summed E-state index contributed by atoms with van der Waals surface area (Å²) in [5.74, 6) is -0.321. The zero-order chi connectivity index (χ0) is 13.0. The molecule has 0 saturated heterocycles. The Balaban J connectivity index is 2.08. The molecule has 96 valence electrons. The number of rotatable bonds is 1. The molecule has 2 aromatic heterocycles. The molecule has 1 saturated carbocycles. The fourth-order valence-corrected chi connectivity index (χ4v) is 2.70. The van der Waals surface area contributed by atoms with Crippen LogP contribution in [0.1, 0.15) is 25.3 Å². The van der Waals surface area contributed by atoms with E-state index in [2.05, 4.69) is 9.97 Å². The van der Waals surface area contributed by atoms with Crippen molar-refractivity contribution in [2.75, 3.05) is 0 Å². The Kier molecular flexibility index (Phi) is 2.07. The first-order chi connectivity index (χ1) is 9.24. The van der Waals surface area contributed by atoms with Crippen LogP contribution >= 0.6 is 0 Å².